The van der Waals surface area contributed by atoms with Crippen LogP contribution in [0.3, 0.4) is 0 Å². The third-order valence-corrected chi connectivity index (χ3v) is 3.75. The maximum Gasteiger partial charge on any atom is 0.388 e. The topological polar surface area (TPSA) is 77.0 Å². The summed E-state index contributed by atoms with van der Waals surface area (Å²) in [5.41, 5.74) is 1.40. The van der Waals surface area contributed by atoms with Gasteiger partial charge in [-0.3, -0.25) is 9.78 Å². The van der Waals surface area contributed by atoms with Crippen molar-refractivity contribution in [3.63, 3.8) is 0 Å². The quantitative estimate of drug-likeness (QED) is 0.672. The summed E-state index contributed by atoms with van der Waals surface area (Å²) in [6.07, 6.45) is 4.34. The van der Waals surface area contributed by atoms with E-state index in [1.807, 2.05) is 0 Å². The Morgan fingerprint density at radius 3 is 2.64 bits per heavy atom. The van der Waals surface area contributed by atoms with Crippen LogP contribution < -0.4 is 10.1 Å². The maximum absolute atomic E-state index is 13.6. The zero-order chi connectivity index (χ0) is 19.9. The molecule has 1 N–H and O–H groups in total. The van der Waals surface area contributed by atoms with E-state index in [0.717, 1.165) is 0 Å². The first-order valence-corrected chi connectivity index (χ1v) is 8.28. The number of nitrogens with one attached hydrogen (secondary N) is 1. The molecule has 0 aliphatic carbocycles. The Morgan fingerprint density at radius 2 is 1.93 bits per heavy atom. The zero-order valence-electron chi connectivity index (χ0n) is 14.5. The molecule has 0 atom stereocenters. The van der Waals surface area contributed by atoms with E-state index >= 15 is 0 Å². The van der Waals surface area contributed by atoms with Crippen molar-refractivity contribution in [2.24, 2.45) is 0 Å². The second kappa shape index (κ2) is 8.94. The van der Waals surface area contributed by atoms with E-state index in [-0.39, 0.29) is 23.9 Å². The summed E-state index contributed by atoms with van der Waals surface area (Å²) < 4.78 is 42.1. The van der Waals surface area contributed by atoms with Crippen molar-refractivity contribution >= 4 is 5.91 Å². The van der Waals surface area contributed by atoms with Gasteiger partial charge in [0.2, 0.25) is 5.88 Å². The van der Waals surface area contributed by atoms with Crippen LogP contribution in [0.1, 0.15) is 16.1 Å². The highest BCUT2D eigenvalue weighted by molar-refractivity contribution is 5.92. The number of hydrogen-bond donors (Lipinski definition) is 1. The molecule has 2 aromatic heterocycles. The summed E-state index contributed by atoms with van der Waals surface area (Å²) in [6, 6.07) is 9.08. The van der Waals surface area contributed by atoms with Crippen LogP contribution in [-0.2, 0) is 6.42 Å². The lowest BCUT2D eigenvalue weighted by Crippen LogP contribution is -2.27. The highest BCUT2D eigenvalue weighted by Crippen LogP contribution is 2.19. The number of halogens is 3. The van der Waals surface area contributed by atoms with Crippen LogP contribution in [-0.4, -0.2) is 34.0 Å². The smallest absolute Gasteiger partial charge is 0.388 e. The number of hydrogen-bond acceptors (Lipinski definition) is 5. The van der Waals surface area contributed by atoms with Gasteiger partial charge in [-0.2, -0.15) is 8.78 Å². The summed E-state index contributed by atoms with van der Waals surface area (Å²) in [5.74, 6) is -1.02. The highest BCUT2D eigenvalue weighted by Gasteiger charge is 2.11. The lowest BCUT2D eigenvalue weighted by Gasteiger charge is -2.07. The lowest BCUT2D eigenvalue weighted by molar-refractivity contribution is -0.0528. The molecule has 6 nitrogen and oxygen atoms in total. The van der Waals surface area contributed by atoms with Gasteiger partial charge in [-0.1, -0.05) is 18.2 Å². The summed E-state index contributed by atoms with van der Waals surface area (Å²) >= 11 is 0. The van der Waals surface area contributed by atoms with Gasteiger partial charge < -0.3 is 10.1 Å². The molecule has 28 heavy (non-hydrogen) atoms. The van der Waals surface area contributed by atoms with Gasteiger partial charge in [0.15, 0.2) is 0 Å². The predicted molar refractivity (Wildman–Crippen MR) is 94.3 cm³/mol. The number of amides is 1. The molecule has 144 valence electrons. The molecule has 2 heterocycles. The third-order valence-electron chi connectivity index (χ3n) is 3.75. The van der Waals surface area contributed by atoms with Crippen LogP contribution in [0, 0.1) is 5.82 Å². The third kappa shape index (κ3) is 5.03. The molecule has 0 bridgehead atoms. The van der Waals surface area contributed by atoms with Gasteiger partial charge >= 0.3 is 6.61 Å². The van der Waals surface area contributed by atoms with E-state index in [4.69, 9.17) is 0 Å². The molecule has 0 aliphatic heterocycles. The molecule has 0 aliphatic rings. The Morgan fingerprint density at radius 1 is 1.11 bits per heavy atom. The van der Waals surface area contributed by atoms with E-state index in [1.165, 1.54) is 36.8 Å². The van der Waals surface area contributed by atoms with Gasteiger partial charge in [0.25, 0.3) is 5.91 Å². The summed E-state index contributed by atoms with van der Waals surface area (Å²) in [6.45, 7) is -2.73. The number of benzene rings is 1. The number of nitrogens with zero attached hydrogens (tertiary/aromatic N) is 3. The first kappa shape index (κ1) is 19.3. The molecule has 3 rings (SSSR count). The average Bonchev–Trinajstić information content (AvgIpc) is 2.69. The molecule has 0 saturated heterocycles. The maximum atomic E-state index is 13.6. The van der Waals surface area contributed by atoms with Crippen molar-refractivity contribution < 1.29 is 22.7 Å². The summed E-state index contributed by atoms with van der Waals surface area (Å²) in [5, 5.41) is 2.66. The summed E-state index contributed by atoms with van der Waals surface area (Å²) in [4.78, 5) is 24.2. The van der Waals surface area contributed by atoms with Gasteiger partial charge in [-0.15, -0.1) is 0 Å². The molecular weight excluding hydrogens is 373 g/mol. The number of carbonyl (C=O) groups is 1. The minimum atomic E-state index is -2.96. The average molecular weight is 388 g/mol. The van der Waals surface area contributed by atoms with Crippen LogP contribution in [0.5, 0.6) is 5.88 Å². The molecule has 0 spiro atoms. The number of ether oxygens (including phenoxy) is 1. The molecule has 0 radical (unpaired) electrons. The second-order valence-electron chi connectivity index (χ2n) is 5.65. The molecule has 0 unspecified atom stereocenters. The standard InChI is InChI=1S/C19H15F3N4O2/c20-14-4-2-1-3-12(14)7-8-24-18(27)16-11-23-10-15(26-16)13-5-6-17(25-9-13)28-19(21)22/h1-6,9-11,19H,7-8H2,(H,24,27). The summed E-state index contributed by atoms with van der Waals surface area (Å²) in [7, 11) is 0. The second-order valence-corrected chi connectivity index (χ2v) is 5.65. The normalized spacial score (nSPS) is 10.7. The number of pyridine rings is 1. The predicted octanol–water partition coefficient (Wildman–Crippen LogP) is 3.25. The number of alkyl halides is 2. The molecule has 1 aromatic carbocycles. The number of carbonyl (C=O) groups excluding carboxylic acids is 1. The van der Waals surface area contributed by atoms with Crippen molar-refractivity contribution in [1.29, 1.82) is 0 Å². The molecular formula is C19H15F3N4O2. The fraction of sp³-hybridized carbons (Fsp3) is 0.158. The van der Waals surface area contributed by atoms with E-state index in [9.17, 15) is 18.0 Å². The van der Waals surface area contributed by atoms with Crippen molar-refractivity contribution in [3.8, 4) is 17.1 Å². The van der Waals surface area contributed by atoms with Crippen molar-refractivity contribution in [1.82, 2.24) is 20.3 Å². The Hall–Kier alpha value is -3.49. The van der Waals surface area contributed by atoms with Gasteiger partial charge in [0, 0.05) is 24.4 Å². The van der Waals surface area contributed by atoms with E-state index in [1.54, 1.807) is 18.2 Å². The molecule has 0 saturated carbocycles. The zero-order valence-corrected chi connectivity index (χ0v) is 14.5. The minimum absolute atomic E-state index is 0.0685. The van der Waals surface area contributed by atoms with E-state index < -0.39 is 12.5 Å². The Labute approximate surface area is 158 Å². The number of aromatic nitrogens is 3. The fourth-order valence-corrected chi connectivity index (χ4v) is 2.41. The minimum Gasteiger partial charge on any atom is -0.417 e. The van der Waals surface area contributed by atoms with Crippen LogP contribution in [0.4, 0.5) is 13.2 Å². The largest absolute Gasteiger partial charge is 0.417 e. The van der Waals surface area contributed by atoms with Gasteiger partial charge in [0.05, 0.1) is 18.1 Å². The van der Waals surface area contributed by atoms with Gasteiger partial charge in [-0.05, 0) is 24.1 Å². The van der Waals surface area contributed by atoms with Gasteiger partial charge in [0.1, 0.15) is 11.5 Å². The number of rotatable bonds is 7. The van der Waals surface area contributed by atoms with Crippen molar-refractivity contribution in [2.75, 3.05) is 6.54 Å². The lowest BCUT2D eigenvalue weighted by atomic mass is 10.1. The molecule has 0 fully saturated rings. The molecule has 1 amide bonds. The van der Waals surface area contributed by atoms with Crippen molar-refractivity contribution in [2.45, 2.75) is 13.0 Å². The van der Waals surface area contributed by atoms with Gasteiger partial charge in [-0.25, -0.2) is 14.4 Å². The van der Waals surface area contributed by atoms with Crippen LogP contribution in [0.15, 0.2) is 55.0 Å². The van der Waals surface area contributed by atoms with Crippen LogP contribution in [0.2, 0.25) is 0 Å². The molecule has 9 heteroatoms. The van der Waals surface area contributed by atoms with Crippen molar-refractivity contribution in [3.05, 3.63) is 72.1 Å². The SMILES string of the molecule is O=C(NCCc1ccccc1F)c1cncc(-c2ccc(OC(F)F)nc2)n1. The first-order valence-electron chi connectivity index (χ1n) is 8.28. The Kier molecular flexibility index (Phi) is 6.15. The monoisotopic (exact) mass is 388 g/mol. The Bertz CT molecular complexity index is 952. The highest BCUT2D eigenvalue weighted by atomic mass is 19.3. The fourth-order valence-electron chi connectivity index (χ4n) is 2.41. The van der Waals surface area contributed by atoms with E-state index in [2.05, 4.69) is 25.0 Å². The Balaban J connectivity index is 1.63. The first-order chi connectivity index (χ1) is 13.5. The van der Waals surface area contributed by atoms with E-state index in [0.29, 0.717) is 23.2 Å². The molecule has 3 aromatic rings. The van der Waals surface area contributed by atoms with Crippen LogP contribution in [0.25, 0.3) is 11.3 Å². The van der Waals surface area contributed by atoms with Crippen LogP contribution >= 0.6 is 0 Å².